The van der Waals surface area contributed by atoms with Crippen LogP contribution in [-0.4, -0.2) is 45.9 Å². The van der Waals surface area contributed by atoms with Gasteiger partial charge in [-0.15, -0.1) is 24.8 Å². The lowest BCUT2D eigenvalue weighted by atomic mass is 10.2. The number of nitrogen functional groups attached to an aromatic ring is 1. The van der Waals surface area contributed by atoms with Gasteiger partial charge < -0.3 is 16.0 Å². The van der Waals surface area contributed by atoms with Crippen molar-refractivity contribution >= 4 is 36.6 Å². The maximum absolute atomic E-state index is 12.9. The predicted octanol–water partition coefficient (Wildman–Crippen LogP) is 2.27. The molecule has 0 aromatic carbocycles. The standard InChI is InChI=1S/C14H19F2N7.2ClH/c1-8-10(6-19-23(8)13(15)16)11-5-12(21-14(17)20-11)22-4-3-9(7-22)18-2;;/h5-6,9,13,18H,3-4,7H2,1-2H3,(H2,17,20,21);2*1H/t9-;;/m1../s1. The van der Waals surface area contributed by atoms with Crippen molar-refractivity contribution in [2.24, 2.45) is 0 Å². The Morgan fingerprint density at radius 3 is 2.60 bits per heavy atom. The SMILES string of the molecule is CN[C@@H]1CCN(c2cc(-c3cnn(C(F)F)c3C)nc(N)n2)C1.Cl.Cl. The van der Waals surface area contributed by atoms with Gasteiger partial charge >= 0.3 is 6.55 Å². The molecule has 1 atom stereocenters. The van der Waals surface area contributed by atoms with Gasteiger partial charge in [-0.1, -0.05) is 0 Å². The van der Waals surface area contributed by atoms with E-state index >= 15 is 0 Å². The number of nitrogens with zero attached hydrogens (tertiary/aromatic N) is 5. The summed E-state index contributed by atoms with van der Waals surface area (Å²) in [4.78, 5) is 10.6. The summed E-state index contributed by atoms with van der Waals surface area (Å²) in [5, 5.41) is 6.95. The number of aromatic nitrogens is 4. The monoisotopic (exact) mass is 395 g/mol. The maximum atomic E-state index is 12.9. The Morgan fingerprint density at radius 1 is 1.32 bits per heavy atom. The third kappa shape index (κ3) is 4.28. The number of nitrogens with one attached hydrogen (secondary N) is 1. The minimum atomic E-state index is -2.68. The van der Waals surface area contributed by atoms with Gasteiger partial charge in [0.15, 0.2) is 0 Å². The Kier molecular flexibility index (Phi) is 7.33. The summed E-state index contributed by atoms with van der Waals surface area (Å²) in [6.07, 6.45) is 2.39. The lowest BCUT2D eigenvalue weighted by Crippen LogP contribution is -2.30. The van der Waals surface area contributed by atoms with E-state index in [4.69, 9.17) is 5.73 Å². The van der Waals surface area contributed by atoms with Crippen LogP contribution in [0.4, 0.5) is 20.5 Å². The molecular formula is C14H21Cl2F2N7. The van der Waals surface area contributed by atoms with E-state index in [9.17, 15) is 8.78 Å². The first-order valence-electron chi connectivity index (χ1n) is 7.39. The van der Waals surface area contributed by atoms with Crippen LogP contribution >= 0.6 is 24.8 Å². The summed E-state index contributed by atoms with van der Waals surface area (Å²) in [6.45, 7) is 0.579. The van der Waals surface area contributed by atoms with E-state index < -0.39 is 6.55 Å². The van der Waals surface area contributed by atoms with Crippen molar-refractivity contribution in [1.82, 2.24) is 25.1 Å². The zero-order chi connectivity index (χ0) is 16.6. The second-order valence-corrected chi connectivity index (χ2v) is 5.56. The van der Waals surface area contributed by atoms with Crippen molar-refractivity contribution in [3.63, 3.8) is 0 Å². The number of anilines is 2. The molecule has 1 saturated heterocycles. The van der Waals surface area contributed by atoms with Gasteiger partial charge in [0.2, 0.25) is 5.95 Å². The van der Waals surface area contributed by atoms with E-state index in [-0.39, 0.29) is 30.8 Å². The van der Waals surface area contributed by atoms with E-state index in [0.29, 0.717) is 33.5 Å². The van der Waals surface area contributed by atoms with Gasteiger partial charge in [0.1, 0.15) is 5.82 Å². The number of alkyl halides is 2. The average Bonchev–Trinajstić information content (AvgIpc) is 3.12. The van der Waals surface area contributed by atoms with Gasteiger partial charge in [0.05, 0.1) is 17.6 Å². The Morgan fingerprint density at radius 2 is 2.04 bits per heavy atom. The predicted molar refractivity (Wildman–Crippen MR) is 97.8 cm³/mol. The summed E-state index contributed by atoms with van der Waals surface area (Å²) in [7, 11) is 1.93. The molecule has 0 saturated carbocycles. The number of hydrogen-bond acceptors (Lipinski definition) is 6. The zero-order valence-electron chi connectivity index (χ0n) is 13.8. The van der Waals surface area contributed by atoms with E-state index in [1.54, 1.807) is 13.0 Å². The molecule has 2 aromatic rings. The Labute approximate surface area is 156 Å². The second kappa shape index (κ2) is 8.59. The molecule has 140 valence electrons. The lowest BCUT2D eigenvalue weighted by molar-refractivity contribution is 0.0545. The molecule has 0 bridgehead atoms. The van der Waals surface area contributed by atoms with Crippen LogP contribution in [0.25, 0.3) is 11.3 Å². The third-order valence-corrected chi connectivity index (χ3v) is 4.16. The molecule has 3 N–H and O–H groups in total. The van der Waals surface area contributed by atoms with Crippen LogP contribution in [0.15, 0.2) is 12.3 Å². The van der Waals surface area contributed by atoms with Crippen molar-refractivity contribution in [2.45, 2.75) is 25.9 Å². The highest BCUT2D eigenvalue weighted by molar-refractivity contribution is 5.85. The molecule has 3 heterocycles. The van der Waals surface area contributed by atoms with Gasteiger partial charge in [-0.25, -0.2) is 9.67 Å². The van der Waals surface area contributed by atoms with E-state index in [2.05, 4.69) is 25.3 Å². The van der Waals surface area contributed by atoms with Crippen LogP contribution in [0, 0.1) is 6.92 Å². The summed E-state index contributed by atoms with van der Waals surface area (Å²) in [5.41, 5.74) is 7.19. The topological polar surface area (TPSA) is 84.9 Å². The third-order valence-electron chi connectivity index (χ3n) is 4.16. The fourth-order valence-electron chi connectivity index (χ4n) is 2.83. The van der Waals surface area contributed by atoms with Crippen molar-refractivity contribution < 1.29 is 8.78 Å². The molecule has 1 fully saturated rings. The lowest BCUT2D eigenvalue weighted by Gasteiger charge is -2.18. The van der Waals surface area contributed by atoms with Gasteiger partial charge in [0, 0.05) is 30.8 Å². The van der Waals surface area contributed by atoms with Crippen molar-refractivity contribution in [3.05, 3.63) is 18.0 Å². The molecular weight excluding hydrogens is 375 g/mol. The molecule has 2 aromatic heterocycles. The molecule has 0 unspecified atom stereocenters. The quantitative estimate of drug-likeness (QED) is 0.825. The number of nitrogens with two attached hydrogens (primary N) is 1. The van der Waals surface area contributed by atoms with Crippen LogP contribution in [0.2, 0.25) is 0 Å². The second-order valence-electron chi connectivity index (χ2n) is 5.56. The van der Waals surface area contributed by atoms with Crippen molar-refractivity contribution in [1.29, 1.82) is 0 Å². The summed E-state index contributed by atoms with van der Waals surface area (Å²) < 4.78 is 26.4. The van der Waals surface area contributed by atoms with Crippen LogP contribution in [0.5, 0.6) is 0 Å². The van der Waals surface area contributed by atoms with Crippen molar-refractivity contribution in [2.75, 3.05) is 30.8 Å². The maximum Gasteiger partial charge on any atom is 0.333 e. The summed E-state index contributed by atoms with van der Waals surface area (Å²) in [6, 6.07) is 2.17. The minimum absolute atomic E-state index is 0. The van der Waals surface area contributed by atoms with Gasteiger partial charge in [-0.2, -0.15) is 18.9 Å². The first kappa shape index (κ1) is 21.3. The number of hydrogen-bond donors (Lipinski definition) is 2. The Bertz CT molecular complexity index is 710. The fourth-order valence-corrected chi connectivity index (χ4v) is 2.83. The van der Waals surface area contributed by atoms with Crippen LogP contribution in [0.3, 0.4) is 0 Å². The molecule has 25 heavy (non-hydrogen) atoms. The average molecular weight is 396 g/mol. The number of likely N-dealkylation sites (N-methyl/N-ethyl adjacent to an activating group) is 1. The molecule has 1 aliphatic heterocycles. The highest BCUT2D eigenvalue weighted by atomic mass is 35.5. The molecule has 1 aliphatic rings. The molecule has 11 heteroatoms. The van der Waals surface area contributed by atoms with Gasteiger partial charge in [-0.05, 0) is 20.4 Å². The first-order chi connectivity index (χ1) is 11.0. The fraction of sp³-hybridized carbons (Fsp3) is 0.500. The summed E-state index contributed by atoms with van der Waals surface area (Å²) in [5.74, 6) is 0.823. The molecule has 3 rings (SSSR count). The van der Waals surface area contributed by atoms with E-state index in [1.165, 1.54) is 6.20 Å². The molecule has 7 nitrogen and oxygen atoms in total. The first-order valence-corrected chi connectivity index (χ1v) is 7.39. The molecule has 0 spiro atoms. The van der Waals surface area contributed by atoms with Crippen molar-refractivity contribution in [3.8, 4) is 11.3 Å². The van der Waals surface area contributed by atoms with Crippen LogP contribution in [-0.2, 0) is 0 Å². The Hall–Kier alpha value is -1.71. The Balaban J connectivity index is 0.00000156. The van der Waals surface area contributed by atoms with Crippen LogP contribution in [0.1, 0.15) is 18.7 Å². The van der Waals surface area contributed by atoms with Gasteiger partial charge in [0.25, 0.3) is 0 Å². The van der Waals surface area contributed by atoms with E-state index in [0.717, 1.165) is 19.5 Å². The summed E-state index contributed by atoms with van der Waals surface area (Å²) >= 11 is 0. The normalized spacial score (nSPS) is 16.7. The number of halogens is 4. The molecule has 0 amide bonds. The smallest absolute Gasteiger partial charge is 0.333 e. The van der Waals surface area contributed by atoms with Crippen LogP contribution < -0.4 is 16.0 Å². The van der Waals surface area contributed by atoms with E-state index in [1.807, 2.05) is 7.05 Å². The largest absolute Gasteiger partial charge is 0.368 e. The molecule has 0 aliphatic carbocycles. The van der Waals surface area contributed by atoms with Gasteiger partial charge in [-0.3, -0.25) is 0 Å². The minimum Gasteiger partial charge on any atom is -0.368 e. The highest BCUT2D eigenvalue weighted by Crippen LogP contribution is 2.28. The zero-order valence-corrected chi connectivity index (χ0v) is 15.4. The molecule has 0 radical (unpaired) electrons. The highest BCUT2D eigenvalue weighted by Gasteiger charge is 2.24. The number of rotatable bonds is 4.